The molecule has 0 spiro atoms. The number of rotatable bonds is 5. The number of urea groups is 1. The van der Waals surface area contributed by atoms with Gasteiger partial charge in [0.15, 0.2) is 5.09 Å². The van der Waals surface area contributed by atoms with E-state index in [1.807, 2.05) is 31.2 Å². The molecule has 0 unspecified atom stereocenters. The number of amides is 3. The Morgan fingerprint density at radius 1 is 1.07 bits per heavy atom. The number of nitrogens with zero attached hydrogens (tertiary/aromatic N) is 1. The maximum atomic E-state index is 13.8. The van der Waals surface area contributed by atoms with Gasteiger partial charge in [-0.15, -0.1) is 0 Å². The van der Waals surface area contributed by atoms with Crippen LogP contribution in [0.25, 0.3) is 6.08 Å². The molecule has 0 saturated carbocycles. The van der Waals surface area contributed by atoms with Crippen LogP contribution in [0.1, 0.15) is 16.9 Å². The highest BCUT2D eigenvalue weighted by molar-refractivity contribution is 7.99. The van der Waals surface area contributed by atoms with Crippen molar-refractivity contribution >= 4 is 29.8 Å². The summed E-state index contributed by atoms with van der Waals surface area (Å²) in [6.45, 7) is 1.88. The summed E-state index contributed by atoms with van der Waals surface area (Å²) in [5.41, 5.74) is 1.54. The third-order valence-corrected chi connectivity index (χ3v) is 5.31. The average Bonchev–Trinajstić information content (AvgIpc) is 3.25. The van der Waals surface area contributed by atoms with E-state index in [4.69, 9.17) is 4.42 Å². The minimum atomic E-state index is -0.592. The van der Waals surface area contributed by atoms with Gasteiger partial charge in [0.1, 0.15) is 17.3 Å². The molecule has 0 radical (unpaired) electrons. The van der Waals surface area contributed by atoms with E-state index in [9.17, 15) is 14.0 Å². The minimum absolute atomic E-state index is 0.0903. The maximum Gasteiger partial charge on any atom is 0.329 e. The third-order valence-electron chi connectivity index (χ3n) is 4.38. The number of hydrogen-bond acceptors (Lipinski definition) is 4. The number of carbonyl (C=O) groups excluding carboxylic acids is 2. The highest BCUT2D eigenvalue weighted by atomic mass is 32.2. The molecule has 1 saturated heterocycles. The van der Waals surface area contributed by atoms with Crippen LogP contribution in [0.2, 0.25) is 0 Å². The zero-order chi connectivity index (χ0) is 20.4. The first-order valence-corrected chi connectivity index (χ1v) is 9.73. The van der Waals surface area contributed by atoms with E-state index < -0.39 is 17.8 Å². The lowest BCUT2D eigenvalue weighted by atomic mass is 10.2. The number of nitrogens with one attached hydrogen (secondary N) is 1. The van der Waals surface area contributed by atoms with Gasteiger partial charge >= 0.3 is 6.03 Å². The van der Waals surface area contributed by atoms with Crippen molar-refractivity contribution in [3.63, 3.8) is 0 Å². The van der Waals surface area contributed by atoms with E-state index in [1.54, 1.807) is 30.3 Å². The quantitative estimate of drug-likeness (QED) is 0.478. The molecule has 1 aliphatic heterocycles. The first-order valence-electron chi connectivity index (χ1n) is 8.92. The van der Waals surface area contributed by atoms with Crippen LogP contribution in [0.5, 0.6) is 0 Å². The Kier molecular flexibility index (Phi) is 5.22. The molecular weight excluding hydrogens is 391 g/mol. The van der Waals surface area contributed by atoms with Crippen molar-refractivity contribution in [1.29, 1.82) is 0 Å². The monoisotopic (exact) mass is 408 g/mol. The molecule has 7 heteroatoms. The van der Waals surface area contributed by atoms with Crippen LogP contribution in [-0.2, 0) is 11.3 Å². The van der Waals surface area contributed by atoms with E-state index in [1.165, 1.54) is 29.5 Å². The summed E-state index contributed by atoms with van der Waals surface area (Å²) in [5.74, 6) is -0.548. The summed E-state index contributed by atoms with van der Waals surface area (Å²) < 4.78 is 19.6. The molecule has 2 heterocycles. The Morgan fingerprint density at radius 3 is 2.59 bits per heavy atom. The Hall–Kier alpha value is -3.32. The molecule has 1 fully saturated rings. The van der Waals surface area contributed by atoms with Gasteiger partial charge in [0.05, 0.1) is 6.54 Å². The standard InChI is InChI=1S/C22H17FN2O3S/c1-14-6-9-17(10-7-14)29-20-11-8-16(28-20)12-19-21(26)25(22(27)24-19)13-15-4-2-3-5-18(15)23/h2-12H,13H2,1H3,(H,24,27)/b19-12+. The summed E-state index contributed by atoms with van der Waals surface area (Å²) in [5, 5.41) is 3.18. The lowest BCUT2D eigenvalue weighted by molar-refractivity contribution is -0.123. The first kappa shape index (κ1) is 19.0. The molecule has 4 rings (SSSR count). The Balaban J connectivity index is 1.48. The summed E-state index contributed by atoms with van der Waals surface area (Å²) in [6, 6.07) is 17.0. The van der Waals surface area contributed by atoms with Crippen molar-refractivity contribution in [2.75, 3.05) is 0 Å². The molecule has 0 atom stereocenters. The number of imide groups is 1. The zero-order valence-corrected chi connectivity index (χ0v) is 16.3. The molecule has 1 aliphatic rings. The van der Waals surface area contributed by atoms with E-state index >= 15 is 0 Å². The second-order valence-corrected chi connectivity index (χ2v) is 7.62. The SMILES string of the molecule is Cc1ccc(Sc2ccc(/C=C3/NC(=O)N(Cc4ccccc4F)C3=O)o2)cc1. The average molecular weight is 408 g/mol. The first-order chi connectivity index (χ1) is 14.0. The van der Waals surface area contributed by atoms with Crippen LogP contribution < -0.4 is 5.32 Å². The van der Waals surface area contributed by atoms with Gasteiger partial charge in [-0.25, -0.2) is 9.18 Å². The van der Waals surface area contributed by atoms with Crippen molar-refractivity contribution in [1.82, 2.24) is 10.2 Å². The van der Waals surface area contributed by atoms with Gasteiger partial charge in [0, 0.05) is 16.5 Å². The van der Waals surface area contributed by atoms with Crippen molar-refractivity contribution in [3.8, 4) is 0 Å². The lowest BCUT2D eigenvalue weighted by Gasteiger charge is -2.12. The van der Waals surface area contributed by atoms with Gasteiger partial charge in [0.25, 0.3) is 5.91 Å². The van der Waals surface area contributed by atoms with Gasteiger partial charge in [-0.1, -0.05) is 47.7 Å². The molecular formula is C22H17FN2O3S. The number of halogens is 1. The smallest absolute Gasteiger partial charge is 0.329 e. The lowest BCUT2D eigenvalue weighted by Crippen LogP contribution is -2.30. The van der Waals surface area contributed by atoms with Crippen LogP contribution in [0.4, 0.5) is 9.18 Å². The van der Waals surface area contributed by atoms with Crippen LogP contribution in [0, 0.1) is 12.7 Å². The van der Waals surface area contributed by atoms with Gasteiger partial charge in [-0.05, 0) is 37.3 Å². The molecule has 0 bridgehead atoms. The van der Waals surface area contributed by atoms with Gasteiger partial charge in [0.2, 0.25) is 0 Å². The summed E-state index contributed by atoms with van der Waals surface area (Å²) in [7, 11) is 0. The predicted molar refractivity (Wildman–Crippen MR) is 107 cm³/mol. The molecule has 1 aromatic heterocycles. The summed E-state index contributed by atoms with van der Waals surface area (Å²) >= 11 is 1.46. The topological polar surface area (TPSA) is 62.6 Å². The number of carbonyl (C=O) groups is 2. The van der Waals surface area contributed by atoms with E-state index in [2.05, 4.69) is 5.32 Å². The molecule has 3 aromatic rings. The molecule has 2 aromatic carbocycles. The predicted octanol–water partition coefficient (Wildman–Crippen LogP) is 4.97. The minimum Gasteiger partial charge on any atom is -0.450 e. The molecule has 29 heavy (non-hydrogen) atoms. The fourth-order valence-electron chi connectivity index (χ4n) is 2.84. The Morgan fingerprint density at radius 2 is 1.83 bits per heavy atom. The molecule has 0 aliphatic carbocycles. The fourth-order valence-corrected chi connectivity index (χ4v) is 3.62. The highest BCUT2D eigenvalue weighted by Gasteiger charge is 2.34. The number of hydrogen-bond donors (Lipinski definition) is 1. The van der Waals surface area contributed by atoms with Crippen molar-refractivity contribution in [3.05, 3.63) is 89.1 Å². The Labute approximate surface area is 171 Å². The van der Waals surface area contributed by atoms with Crippen molar-refractivity contribution in [2.45, 2.75) is 23.5 Å². The van der Waals surface area contributed by atoms with E-state index in [0.717, 1.165) is 9.80 Å². The largest absolute Gasteiger partial charge is 0.450 e. The summed E-state index contributed by atoms with van der Waals surface area (Å²) in [6.07, 6.45) is 1.47. The summed E-state index contributed by atoms with van der Waals surface area (Å²) in [4.78, 5) is 26.7. The highest BCUT2D eigenvalue weighted by Crippen LogP contribution is 2.30. The Bertz CT molecular complexity index is 1110. The van der Waals surface area contributed by atoms with E-state index in [-0.39, 0.29) is 17.8 Å². The second-order valence-electron chi connectivity index (χ2n) is 6.54. The number of benzene rings is 2. The van der Waals surface area contributed by atoms with Crippen LogP contribution >= 0.6 is 11.8 Å². The third kappa shape index (κ3) is 4.25. The van der Waals surface area contributed by atoms with Gasteiger partial charge in [-0.3, -0.25) is 9.69 Å². The zero-order valence-electron chi connectivity index (χ0n) is 15.5. The molecule has 1 N–H and O–H groups in total. The van der Waals surface area contributed by atoms with Gasteiger partial charge in [-0.2, -0.15) is 0 Å². The number of aryl methyl sites for hydroxylation is 1. The van der Waals surface area contributed by atoms with Gasteiger partial charge < -0.3 is 9.73 Å². The molecule has 3 amide bonds. The molecule has 146 valence electrons. The second kappa shape index (κ2) is 7.97. The van der Waals surface area contributed by atoms with Crippen molar-refractivity contribution < 1.29 is 18.4 Å². The van der Waals surface area contributed by atoms with Crippen molar-refractivity contribution in [2.24, 2.45) is 0 Å². The number of furan rings is 1. The van der Waals surface area contributed by atoms with E-state index in [0.29, 0.717) is 10.9 Å². The normalized spacial score (nSPS) is 15.2. The molecule has 5 nitrogen and oxygen atoms in total. The maximum absolute atomic E-state index is 13.8. The fraction of sp³-hybridized carbons (Fsp3) is 0.0909. The van der Waals surface area contributed by atoms with Crippen LogP contribution in [-0.4, -0.2) is 16.8 Å². The van der Waals surface area contributed by atoms with Crippen LogP contribution in [0.15, 0.2) is 80.8 Å². The van der Waals surface area contributed by atoms with Crippen LogP contribution in [0.3, 0.4) is 0 Å².